The van der Waals surface area contributed by atoms with E-state index in [0.717, 1.165) is 0 Å². The molecule has 56 valence electrons. The standard InChI is InChI=1S/C6H6Cl2O2/c1-10-6(9)4-2-3-5(7)8/h2-4H,1H3/b4-2+. The van der Waals surface area contributed by atoms with Gasteiger partial charge < -0.3 is 4.74 Å². The number of halogens is 2. The molecule has 4 heteroatoms. The van der Waals surface area contributed by atoms with E-state index in [1.165, 1.54) is 25.3 Å². The molecule has 0 bridgehead atoms. The smallest absolute Gasteiger partial charge is 0.330 e. The van der Waals surface area contributed by atoms with Gasteiger partial charge in [0, 0.05) is 6.08 Å². The van der Waals surface area contributed by atoms with Gasteiger partial charge in [0.25, 0.3) is 0 Å². The highest BCUT2D eigenvalue weighted by Crippen LogP contribution is 2.05. The van der Waals surface area contributed by atoms with Gasteiger partial charge in [-0.2, -0.15) is 0 Å². The van der Waals surface area contributed by atoms with Gasteiger partial charge >= 0.3 is 5.97 Å². The summed E-state index contributed by atoms with van der Waals surface area (Å²) in [6.45, 7) is 0. The zero-order valence-corrected chi connectivity index (χ0v) is 6.82. The zero-order chi connectivity index (χ0) is 7.98. The lowest BCUT2D eigenvalue weighted by atomic mass is 10.5. The van der Waals surface area contributed by atoms with Crippen molar-refractivity contribution in [3.05, 3.63) is 22.7 Å². The first-order valence-electron chi connectivity index (χ1n) is 2.44. The summed E-state index contributed by atoms with van der Waals surface area (Å²) in [6.07, 6.45) is 3.99. The summed E-state index contributed by atoms with van der Waals surface area (Å²) in [5.74, 6) is -0.439. The van der Waals surface area contributed by atoms with Crippen LogP contribution < -0.4 is 0 Å². The van der Waals surface area contributed by atoms with Crippen molar-refractivity contribution < 1.29 is 9.53 Å². The maximum Gasteiger partial charge on any atom is 0.330 e. The SMILES string of the molecule is COC(=O)/C=C/C=C(Cl)Cl. The van der Waals surface area contributed by atoms with Crippen LogP contribution >= 0.6 is 23.2 Å². The average Bonchev–Trinajstić information content (AvgIpc) is 1.87. The summed E-state index contributed by atoms with van der Waals surface area (Å²) < 4.78 is 4.39. The van der Waals surface area contributed by atoms with E-state index < -0.39 is 5.97 Å². The van der Waals surface area contributed by atoms with Gasteiger partial charge in [0.2, 0.25) is 0 Å². The Labute approximate surface area is 69.1 Å². The summed E-state index contributed by atoms with van der Waals surface area (Å²) in [6, 6.07) is 0. The number of carbonyl (C=O) groups excluding carboxylic acids is 1. The molecule has 0 heterocycles. The molecule has 0 amide bonds. The van der Waals surface area contributed by atoms with Gasteiger partial charge in [0.15, 0.2) is 0 Å². The molecule has 0 aromatic carbocycles. The second-order valence-corrected chi connectivity index (χ2v) is 2.35. The van der Waals surface area contributed by atoms with Crippen molar-refractivity contribution in [3.8, 4) is 0 Å². The summed E-state index contributed by atoms with van der Waals surface area (Å²) in [4.78, 5) is 10.4. The molecule has 2 nitrogen and oxygen atoms in total. The van der Waals surface area contributed by atoms with Crippen molar-refractivity contribution in [1.82, 2.24) is 0 Å². The number of hydrogen-bond donors (Lipinski definition) is 0. The first-order valence-corrected chi connectivity index (χ1v) is 3.19. The van der Waals surface area contributed by atoms with Crippen LogP contribution in [0.15, 0.2) is 22.7 Å². The predicted molar refractivity (Wildman–Crippen MR) is 40.9 cm³/mol. The summed E-state index contributed by atoms with van der Waals surface area (Å²) in [5.41, 5.74) is 0. The maximum absolute atomic E-state index is 10.4. The first-order chi connectivity index (χ1) is 4.66. The number of allylic oxidation sites excluding steroid dienone is 2. The number of esters is 1. The number of rotatable bonds is 2. The summed E-state index contributed by atoms with van der Waals surface area (Å²) in [5, 5.41) is 0. The minimum absolute atomic E-state index is 0.0974. The van der Waals surface area contributed by atoms with E-state index in [4.69, 9.17) is 23.2 Å². The zero-order valence-electron chi connectivity index (χ0n) is 5.30. The van der Waals surface area contributed by atoms with Gasteiger partial charge in [-0.05, 0) is 6.08 Å². The molecule has 0 radical (unpaired) electrons. The van der Waals surface area contributed by atoms with Crippen molar-refractivity contribution in [2.45, 2.75) is 0 Å². The molecule has 0 N–H and O–H groups in total. The van der Waals surface area contributed by atoms with Gasteiger partial charge in [-0.15, -0.1) is 0 Å². The lowest BCUT2D eigenvalue weighted by molar-refractivity contribution is -0.134. The Morgan fingerprint density at radius 2 is 2.10 bits per heavy atom. The summed E-state index contributed by atoms with van der Waals surface area (Å²) in [7, 11) is 1.29. The van der Waals surface area contributed by atoms with Crippen LogP contribution in [-0.2, 0) is 9.53 Å². The minimum atomic E-state index is -0.439. The van der Waals surface area contributed by atoms with Gasteiger partial charge in [-0.25, -0.2) is 4.79 Å². The van der Waals surface area contributed by atoms with Crippen LogP contribution in [0.5, 0.6) is 0 Å². The Morgan fingerprint density at radius 3 is 2.50 bits per heavy atom. The van der Waals surface area contributed by atoms with E-state index in [1.54, 1.807) is 0 Å². The van der Waals surface area contributed by atoms with E-state index in [-0.39, 0.29) is 4.49 Å². The Kier molecular flexibility index (Phi) is 5.08. The van der Waals surface area contributed by atoms with Crippen LogP contribution in [0.1, 0.15) is 0 Å². The van der Waals surface area contributed by atoms with Crippen molar-refractivity contribution >= 4 is 29.2 Å². The molecule has 0 aliphatic heterocycles. The Bertz CT molecular complexity index is 169. The molecule has 0 aliphatic carbocycles. The third-order valence-electron chi connectivity index (χ3n) is 0.656. The molecule has 0 rings (SSSR count). The molecule has 0 aromatic rings. The molecule has 0 saturated carbocycles. The molecule has 0 aliphatic rings. The number of methoxy groups -OCH3 is 1. The van der Waals surface area contributed by atoms with Crippen LogP contribution in [0.4, 0.5) is 0 Å². The Balaban J connectivity index is 3.77. The van der Waals surface area contributed by atoms with E-state index in [1.807, 2.05) is 0 Å². The largest absolute Gasteiger partial charge is 0.466 e. The lowest BCUT2D eigenvalue weighted by Crippen LogP contribution is -1.92. The third kappa shape index (κ3) is 5.66. The summed E-state index contributed by atoms with van der Waals surface area (Å²) >= 11 is 10.5. The van der Waals surface area contributed by atoms with Gasteiger partial charge in [0.05, 0.1) is 7.11 Å². The number of ether oxygens (including phenoxy) is 1. The average molecular weight is 181 g/mol. The van der Waals surface area contributed by atoms with Crippen LogP contribution in [0.3, 0.4) is 0 Å². The van der Waals surface area contributed by atoms with Gasteiger partial charge in [-0.1, -0.05) is 29.3 Å². The first kappa shape index (κ1) is 9.53. The molecule has 10 heavy (non-hydrogen) atoms. The molecular formula is C6H6Cl2O2. The van der Waals surface area contributed by atoms with Crippen molar-refractivity contribution in [1.29, 1.82) is 0 Å². The highest BCUT2D eigenvalue weighted by molar-refractivity contribution is 6.55. The fraction of sp³-hybridized carbons (Fsp3) is 0.167. The monoisotopic (exact) mass is 180 g/mol. The quantitative estimate of drug-likeness (QED) is 0.370. The van der Waals surface area contributed by atoms with E-state index in [9.17, 15) is 4.79 Å². The molecule has 0 saturated heterocycles. The molecule has 0 fully saturated rings. The molecule has 0 atom stereocenters. The van der Waals surface area contributed by atoms with Crippen molar-refractivity contribution in [2.75, 3.05) is 7.11 Å². The van der Waals surface area contributed by atoms with Crippen molar-refractivity contribution in [2.24, 2.45) is 0 Å². The normalized spacial score (nSPS) is 9.50. The topological polar surface area (TPSA) is 26.3 Å². The predicted octanol–water partition coefficient (Wildman–Crippen LogP) is 2.03. The highest BCUT2D eigenvalue weighted by Gasteiger charge is 1.87. The highest BCUT2D eigenvalue weighted by atomic mass is 35.5. The molecular weight excluding hydrogens is 175 g/mol. The van der Waals surface area contributed by atoms with Crippen LogP contribution in [-0.4, -0.2) is 13.1 Å². The van der Waals surface area contributed by atoms with E-state index in [2.05, 4.69) is 4.74 Å². The minimum Gasteiger partial charge on any atom is -0.466 e. The molecule has 0 unspecified atom stereocenters. The maximum atomic E-state index is 10.4. The van der Waals surface area contributed by atoms with Crippen molar-refractivity contribution in [3.63, 3.8) is 0 Å². The molecule has 0 aromatic heterocycles. The van der Waals surface area contributed by atoms with E-state index in [0.29, 0.717) is 0 Å². The Morgan fingerprint density at radius 1 is 1.50 bits per heavy atom. The van der Waals surface area contributed by atoms with Crippen LogP contribution in [0, 0.1) is 0 Å². The van der Waals surface area contributed by atoms with E-state index >= 15 is 0 Å². The fourth-order valence-corrected chi connectivity index (χ4v) is 0.413. The second-order valence-electron chi connectivity index (χ2n) is 1.34. The van der Waals surface area contributed by atoms with Crippen LogP contribution in [0.2, 0.25) is 0 Å². The lowest BCUT2D eigenvalue weighted by Gasteiger charge is -1.85. The fourth-order valence-electron chi connectivity index (χ4n) is 0.267. The Hall–Kier alpha value is -0.470. The van der Waals surface area contributed by atoms with Crippen LogP contribution in [0.25, 0.3) is 0 Å². The number of hydrogen-bond acceptors (Lipinski definition) is 2. The van der Waals surface area contributed by atoms with Gasteiger partial charge in [-0.3, -0.25) is 0 Å². The third-order valence-corrected chi connectivity index (χ3v) is 0.908. The molecule has 0 spiro atoms. The second kappa shape index (κ2) is 5.33. The number of carbonyl (C=O) groups is 1. The van der Waals surface area contributed by atoms with Gasteiger partial charge in [0.1, 0.15) is 4.49 Å².